The summed E-state index contributed by atoms with van der Waals surface area (Å²) in [5.74, 6) is -1.14. The van der Waals surface area contributed by atoms with E-state index in [1.165, 1.54) is 7.11 Å². The van der Waals surface area contributed by atoms with Crippen molar-refractivity contribution < 1.29 is 17.9 Å². The predicted molar refractivity (Wildman–Crippen MR) is 58.8 cm³/mol. The number of hydrogen-bond acceptors (Lipinski definition) is 5. The first-order valence-electron chi connectivity index (χ1n) is 5.55. The summed E-state index contributed by atoms with van der Waals surface area (Å²) in [6.07, 6.45) is 3.37. The fourth-order valence-corrected chi connectivity index (χ4v) is 4.37. The molecule has 92 valence electrons. The Balaban J connectivity index is 2.04. The van der Waals surface area contributed by atoms with E-state index >= 15 is 0 Å². The highest BCUT2D eigenvalue weighted by atomic mass is 32.2. The second-order valence-electron chi connectivity index (χ2n) is 4.61. The van der Waals surface area contributed by atoms with E-state index in [4.69, 9.17) is 0 Å². The van der Waals surface area contributed by atoms with Gasteiger partial charge in [-0.1, -0.05) is 0 Å². The van der Waals surface area contributed by atoms with Gasteiger partial charge in [-0.15, -0.1) is 0 Å². The summed E-state index contributed by atoms with van der Waals surface area (Å²) in [7, 11) is -2.12. The van der Waals surface area contributed by atoms with Gasteiger partial charge in [0.2, 0.25) is 0 Å². The highest BCUT2D eigenvalue weighted by molar-refractivity contribution is 7.92. The van der Waals surface area contributed by atoms with Crippen molar-refractivity contribution in [3.63, 3.8) is 0 Å². The number of esters is 1. The molecule has 0 aromatic heterocycles. The minimum Gasteiger partial charge on any atom is -0.468 e. The number of carbonyl (C=O) groups is 1. The van der Waals surface area contributed by atoms with E-state index in [1.54, 1.807) is 0 Å². The molecular weight excluding hydrogens is 230 g/mol. The van der Waals surface area contributed by atoms with Crippen LogP contribution in [0.4, 0.5) is 0 Å². The topological polar surface area (TPSA) is 72.5 Å². The van der Waals surface area contributed by atoms with E-state index in [9.17, 15) is 13.2 Å². The quantitative estimate of drug-likeness (QED) is 0.703. The van der Waals surface area contributed by atoms with Crippen molar-refractivity contribution in [1.29, 1.82) is 0 Å². The average Bonchev–Trinajstić information content (AvgIpc) is 2.56. The first-order chi connectivity index (χ1) is 7.51. The summed E-state index contributed by atoms with van der Waals surface area (Å²) in [6, 6.07) is 0.632. The van der Waals surface area contributed by atoms with Gasteiger partial charge < -0.3 is 10.1 Å². The molecule has 1 unspecified atom stereocenters. The lowest BCUT2D eigenvalue weighted by Crippen LogP contribution is -2.44. The minimum atomic E-state index is -3.34. The van der Waals surface area contributed by atoms with Crippen LogP contribution in [0.3, 0.4) is 0 Å². The van der Waals surface area contributed by atoms with Gasteiger partial charge in [-0.25, -0.2) is 8.42 Å². The third-order valence-corrected chi connectivity index (χ3v) is 5.52. The highest BCUT2D eigenvalue weighted by Gasteiger charge is 2.40. The summed E-state index contributed by atoms with van der Waals surface area (Å²) in [4.78, 5) is 11.0. The number of sulfone groups is 1. The number of nitrogens with one attached hydrogen (secondary N) is 1. The molecule has 2 heterocycles. The van der Waals surface area contributed by atoms with E-state index in [1.807, 2.05) is 0 Å². The molecule has 5 nitrogen and oxygen atoms in total. The Hall–Kier alpha value is -0.620. The molecule has 0 spiro atoms. The number of rotatable bonds is 3. The van der Waals surface area contributed by atoms with Crippen LogP contribution in [0.25, 0.3) is 0 Å². The second kappa shape index (κ2) is 4.33. The fraction of sp³-hybridized carbons (Fsp3) is 0.900. The molecule has 2 bridgehead atoms. The molecule has 2 rings (SSSR count). The van der Waals surface area contributed by atoms with Gasteiger partial charge in [0.1, 0.15) is 5.75 Å². The van der Waals surface area contributed by atoms with E-state index < -0.39 is 21.6 Å². The van der Waals surface area contributed by atoms with Crippen molar-refractivity contribution in [2.24, 2.45) is 0 Å². The van der Waals surface area contributed by atoms with Gasteiger partial charge in [0, 0.05) is 12.1 Å². The van der Waals surface area contributed by atoms with Crippen LogP contribution in [0.15, 0.2) is 0 Å². The van der Waals surface area contributed by atoms with Crippen molar-refractivity contribution in [1.82, 2.24) is 5.32 Å². The van der Waals surface area contributed by atoms with Crippen LogP contribution < -0.4 is 5.32 Å². The van der Waals surface area contributed by atoms with Crippen molar-refractivity contribution in [3.05, 3.63) is 0 Å². The molecule has 2 fully saturated rings. The zero-order chi connectivity index (χ0) is 11.8. The Bertz CT molecular complexity index is 366. The molecule has 3 atom stereocenters. The summed E-state index contributed by atoms with van der Waals surface area (Å²) in [6.45, 7) is 0. The molecule has 0 aromatic carbocycles. The lowest BCUT2D eigenvalue weighted by molar-refractivity contribution is -0.137. The summed E-state index contributed by atoms with van der Waals surface area (Å²) < 4.78 is 28.3. The Kier molecular flexibility index (Phi) is 3.21. The number of hydrogen-bond donors (Lipinski definition) is 1. The van der Waals surface area contributed by atoms with Gasteiger partial charge in [0.15, 0.2) is 9.84 Å². The predicted octanol–water partition coefficient (Wildman–Crippen LogP) is -0.143. The molecule has 0 saturated carbocycles. The molecule has 6 heteroatoms. The van der Waals surface area contributed by atoms with E-state index in [0.29, 0.717) is 24.9 Å². The van der Waals surface area contributed by atoms with Gasteiger partial charge >= 0.3 is 5.97 Å². The van der Waals surface area contributed by atoms with Gasteiger partial charge in [0.05, 0.1) is 12.4 Å². The van der Waals surface area contributed by atoms with Crippen molar-refractivity contribution >= 4 is 15.8 Å². The number of piperidine rings is 1. The number of methoxy groups -OCH3 is 1. The maximum atomic E-state index is 11.9. The number of carbonyl (C=O) groups excluding carboxylic acids is 1. The first kappa shape index (κ1) is 11.9. The van der Waals surface area contributed by atoms with Gasteiger partial charge in [-0.3, -0.25) is 4.79 Å². The molecule has 0 aromatic rings. The number of ether oxygens (including phenoxy) is 1. The van der Waals surface area contributed by atoms with Gasteiger partial charge in [0.25, 0.3) is 0 Å². The lowest BCUT2D eigenvalue weighted by atomic mass is 10.1. The third-order valence-electron chi connectivity index (χ3n) is 3.48. The Morgan fingerprint density at radius 2 is 1.88 bits per heavy atom. The monoisotopic (exact) mass is 247 g/mol. The largest absolute Gasteiger partial charge is 0.468 e. The van der Waals surface area contributed by atoms with Crippen molar-refractivity contribution in [2.75, 3.05) is 12.9 Å². The Labute approximate surface area is 95.5 Å². The Morgan fingerprint density at radius 1 is 1.31 bits per heavy atom. The molecule has 1 N–H and O–H groups in total. The van der Waals surface area contributed by atoms with Gasteiger partial charge in [-0.05, 0) is 25.7 Å². The summed E-state index contributed by atoms with van der Waals surface area (Å²) in [5.41, 5.74) is 0. The normalized spacial score (nSPS) is 33.7. The van der Waals surface area contributed by atoms with Crippen LogP contribution in [0.5, 0.6) is 0 Å². The molecule has 0 amide bonds. The van der Waals surface area contributed by atoms with Crippen molar-refractivity contribution in [2.45, 2.75) is 43.0 Å². The summed E-state index contributed by atoms with van der Waals surface area (Å²) >= 11 is 0. The SMILES string of the molecule is COC(=O)CS(=O)(=O)C1C[C@H]2CC[C@@H](C1)N2. The van der Waals surface area contributed by atoms with Crippen LogP contribution in [-0.4, -0.2) is 44.6 Å². The molecule has 2 aliphatic heterocycles. The van der Waals surface area contributed by atoms with Crippen LogP contribution in [0.2, 0.25) is 0 Å². The maximum absolute atomic E-state index is 11.9. The molecule has 0 aliphatic carbocycles. The Morgan fingerprint density at radius 3 is 2.38 bits per heavy atom. The molecule has 16 heavy (non-hydrogen) atoms. The third kappa shape index (κ3) is 2.38. The minimum absolute atomic E-state index is 0.316. The van der Waals surface area contributed by atoms with Crippen LogP contribution in [-0.2, 0) is 19.4 Å². The molecule has 2 aliphatic rings. The molecule has 2 saturated heterocycles. The van der Waals surface area contributed by atoms with Gasteiger partial charge in [-0.2, -0.15) is 0 Å². The average molecular weight is 247 g/mol. The zero-order valence-electron chi connectivity index (χ0n) is 9.31. The van der Waals surface area contributed by atoms with Crippen molar-refractivity contribution in [3.8, 4) is 0 Å². The molecule has 0 radical (unpaired) electrons. The smallest absolute Gasteiger partial charge is 0.320 e. The van der Waals surface area contributed by atoms with E-state index in [2.05, 4.69) is 10.1 Å². The first-order valence-corrected chi connectivity index (χ1v) is 7.27. The lowest BCUT2D eigenvalue weighted by Gasteiger charge is -2.28. The highest BCUT2D eigenvalue weighted by Crippen LogP contribution is 2.30. The molecular formula is C10H17NO4S. The van der Waals surface area contributed by atoms with Crippen LogP contribution in [0.1, 0.15) is 25.7 Å². The van der Waals surface area contributed by atoms with E-state index in [-0.39, 0.29) is 5.25 Å². The standard InChI is InChI=1S/C10H17NO4S/c1-15-10(12)6-16(13,14)9-4-7-2-3-8(5-9)11-7/h7-9,11H,2-6H2,1H3/t7-,8+,9?. The number of fused-ring (bicyclic) bond motifs is 2. The maximum Gasteiger partial charge on any atom is 0.320 e. The van der Waals surface area contributed by atoms with Crippen LogP contribution in [0, 0.1) is 0 Å². The van der Waals surface area contributed by atoms with Crippen LogP contribution >= 0.6 is 0 Å². The summed E-state index contributed by atoms with van der Waals surface area (Å²) in [5, 5.41) is 3.01. The fourth-order valence-electron chi connectivity index (χ4n) is 2.64. The van der Waals surface area contributed by atoms with E-state index in [0.717, 1.165) is 12.8 Å². The second-order valence-corrected chi connectivity index (χ2v) is 6.90. The zero-order valence-corrected chi connectivity index (χ0v) is 10.1.